The fraction of sp³-hybridized carbons (Fsp3) is 1.00. The van der Waals surface area contributed by atoms with Gasteiger partial charge in [0, 0.05) is 24.7 Å². The Labute approximate surface area is 112 Å². The molecule has 0 aromatic heterocycles. The average molecular weight is 254 g/mol. The molecule has 3 nitrogen and oxygen atoms in total. The molecule has 2 N–H and O–H groups in total. The average Bonchev–Trinajstić information content (AvgIpc) is 2.90. The number of nitrogens with one attached hydrogen (secondary N) is 1. The van der Waals surface area contributed by atoms with Crippen LogP contribution < -0.4 is 5.32 Å². The van der Waals surface area contributed by atoms with Crippen LogP contribution in [0.4, 0.5) is 0 Å². The van der Waals surface area contributed by atoms with Crippen molar-refractivity contribution in [2.45, 2.75) is 76.4 Å². The second kappa shape index (κ2) is 7.46. The van der Waals surface area contributed by atoms with Crippen molar-refractivity contribution >= 4 is 0 Å². The zero-order valence-corrected chi connectivity index (χ0v) is 11.9. The summed E-state index contributed by atoms with van der Waals surface area (Å²) in [5.41, 5.74) is 0. The fourth-order valence-electron chi connectivity index (χ4n) is 3.79. The van der Waals surface area contributed by atoms with Crippen molar-refractivity contribution in [2.75, 3.05) is 19.7 Å². The first-order chi connectivity index (χ1) is 8.81. The smallest absolute Gasteiger partial charge is 0.0558 e. The Morgan fingerprint density at radius 1 is 1.17 bits per heavy atom. The minimum absolute atomic E-state index is 0.304. The highest BCUT2D eigenvalue weighted by Gasteiger charge is 2.27. The van der Waals surface area contributed by atoms with Crippen LogP contribution in [0.1, 0.15) is 58.3 Å². The van der Waals surface area contributed by atoms with Crippen molar-refractivity contribution < 1.29 is 5.11 Å². The van der Waals surface area contributed by atoms with E-state index in [1.165, 1.54) is 57.9 Å². The summed E-state index contributed by atoms with van der Waals surface area (Å²) < 4.78 is 0. The molecule has 0 aromatic carbocycles. The lowest BCUT2D eigenvalue weighted by Gasteiger charge is -2.37. The molecule has 1 aliphatic carbocycles. The van der Waals surface area contributed by atoms with Crippen molar-refractivity contribution in [3.05, 3.63) is 0 Å². The van der Waals surface area contributed by atoms with Gasteiger partial charge < -0.3 is 10.4 Å². The number of aliphatic hydroxyl groups excluding tert-OH is 1. The summed E-state index contributed by atoms with van der Waals surface area (Å²) in [6.07, 6.45) is 10.7. The molecule has 0 bridgehead atoms. The summed E-state index contributed by atoms with van der Waals surface area (Å²) in [5, 5.41) is 12.9. The number of hydrogen-bond acceptors (Lipinski definition) is 3. The molecule has 2 rings (SSSR count). The van der Waals surface area contributed by atoms with E-state index in [-0.39, 0.29) is 0 Å². The van der Waals surface area contributed by atoms with Gasteiger partial charge in [0.25, 0.3) is 0 Å². The Hall–Kier alpha value is -0.120. The first-order valence-electron chi connectivity index (χ1n) is 7.91. The van der Waals surface area contributed by atoms with E-state index in [1.807, 2.05) is 0 Å². The Balaban J connectivity index is 1.83. The first-order valence-corrected chi connectivity index (χ1v) is 7.91. The van der Waals surface area contributed by atoms with E-state index in [1.54, 1.807) is 0 Å². The van der Waals surface area contributed by atoms with Crippen LogP contribution in [-0.2, 0) is 0 Å². The largest absolute Gasteiger partial charge is 0.395 e. The summed E-state index contributed by atoms with van der Waals surface area (Å²) in [6.45, 7) is 4.71. The molecule has 1 saturated carbocycles. The lowest BCUT2D eigenvalue weighted by Crippen LogP contribution is -2.46. The van der Waals surface area contributed by atoms with Crippen LogP contribution in [0.15, 0.2) is 0 Å². The third kappa shape index (κ3) is 3.94. The van der Waals surface area contributed by atoms with Crippen molar-refractivity contribution in [2.24, 2.45) is 0 Å². The molecule has 2 unspecified atom stereocenters. The molecule has 106 valence electrons. The number of aliphatic hydroxyl groups is 1. The van der Waals surface area contributed by atoms with Gasteiger partial charge in [0.15, 0.2) is 0 Å². The van der Waals surface area contributed by atoms with Gasteiger partial charge in [0.05, 0.1) is 6.61 Å². The zero-order valence-electron chi connectivity index (χ0n) is 11.9. The Morgan fingerprint density at radius 2 is 1.89 bits per heavy atom. The van der Waals surface area contributed by atoms with Gasteiger partial charge in [-0.1, -0.05) is 19.3 Å². The second-order valence-electron chi connectivity index (χ2n) is 6.13. The molecule has 0 radical (unpaired) electrons. The van der Waals surface area contributed by atoms with Crippen LogP contribution in [-0.4, -0.2) is 47.8 Å². The highest BCUT2D eigenvalue weighted by atomic mass is 16.3. The van der Waals surface area contributed by atoms with E-state index < -0.39 is 0 Å². The number of hydrogen-bond donors (Lipinski definition) is 2. The molecule has 0 aromatic rings. The Kier molecular flexibility index (Phi) is 5.93. The molecule has 2 atom stereocenters. The van der Waals surface area contributed by atoms with Crippen LogP contribution in [0.2, 0.25) is 0 Å². The molecule has 1 heterocycles. The maximum Gasteiger partial charge on any atom is 0.0558 e. The Bertz CT molecular complexity index is 223. The van der Waals surface area contributed by atoms with E-state index in [9.17, 15) is 5.11 Å². The summed E-state index contributed by atoms with van der Waals surface area (Å²) in [4.78, 5) is 2.57. The van der Waals surface area contributed by atoms with Crippen molar-refractivity contribution in [3.8, 4) is 0 Å². The number of piperidine rings is 1. The number of rotatable bonds is 6. The lowest BCUT2D eigenvalue weighted by atomic mass is 9.97. The van der Waals surface area contributed by atoms with E-state index >= 15 is 0 Å². The van der Waals surface area contributed by atoms with Crippen molar-refractivity contribution in [1.82, 2.24) is 10.2 Å². The fourth-order valence-corrected chi connectivity index (χ4v) is 3.79. The highest BCUT2D eigenvalue weighted by Crippen LogP contribution is 2.26. The van der Waals surface area contributed by atoms with Crippen LogP contribution >= 0.6 is 0 Å². The Morgan fingerprint density at radius 3 is 2.50 bits per heavy atom. The van der Waals surface area contributed by atoms with Gasteiger partial charge in [-0.2, -0.15) is 0 Å². The van der Waals surface area contributed by atoms with Gasteiger partial charge in [-0.3, -0.25) is 4.90 Å². The van der Waals surface area contributed by atoms with Gasteiger partial charge in [0.1, 0.15) is 0 Å². The summed E-state index contributed by atoms with van der Waals surface area (Å²) in [7, 11) is 0. The minimum Gasteiger partial charge on any atom is -0.395 e. The molecule has 1 saturated heterocycles. The van der Waals surface area contributed by atoms with Gasteiger partial charge >= 0.3 is 0 Å². The van der Waals surface area contributed by atoms with Gasteiger partial charge in [-0.25, -0.2) is 0 Å². The molecule has 18 heavy (non-hydrogen) atoms. The van der Waals surface area contributed by atoms with Crippen LogP contribution in [0.3, 0.4) is 0 Å². The summed E-state index contributed by atoms with van der Waals surface area (Å²) in [5.74, 6) is 0. The van der Waals surface area contributed by atoms with Gasteiger partial charge in [-0.15, -0.1) is 0 Å². The quantitative estimate of drug-likeness (QED) is 0.762. The zero-order chi connectivity index (χ0) is 12.8. The normalized spacial score (nSPS) is 27.8. The third-order valence-corrected chi connectivity index (χ3v) is 4.76. The molecule has 3 heteroatoms. The van der Waals surface area contributed by atoms with E-state index in [2.05, 4.69) is 17.1 Å². The number of nitrogens with zero attached hydrogens (tertiary/aromatic N) is 1. The van der Waals surface area contributed by atoms with Gasteiger partial charge in [0.2, 0.25) is 0 Å². The third-order valence-electron chi connectivity index (χ3n) is 4.76. The monoisotopic (exact) mass is 254 g/mol. The predicted octanol–water partition coefficient (Wildman–Crippen LogP) is 2.14. The van der Waals surface area contributed by atoms with Gasteiger partial charge in [-0.05, 0) is 45.6 Å². The standard InChI is InChI=1S/C15H30N2O/c1-13(12-14-6-4-5-9-16-14)17(10-11-18)15-7-2-3-8-15/h13-16,18H,2-12H2,1H3. The van der Waals surface area contributed by atoms with E-state index in [0.29, 0.717) is 18.7 Å². The van der Waals surface area contributed by atoms with Crippen LogP contribution in [0.5, 0.6) is 0 Å². The van der Waals surface area contributed by atoms with Crippen LogP contribution in [0.25, 0.3) is 0 Å². The maximum atomic E-state index is 9.29. The summed E-state index contributed by atoms with van der Waals surface area (Å²) >= 11 is 0. The van der Waals surface area contributed by atoms with Crippen LogP contribution in [0, 0.1) is 0 Å². The predicted molar refractivity (Wildman–Crippen MR) is 75.8 cm³/mol. The highest BCUT2D eigenvalue weighted by molar-refractivity contribution is 4.84. The summed E-state index contributed by atoms with van der Waals surface area (Å²) in [6, 6.07) is 2.04. The molecule has 0 amide bonds. The van der Waals surface area contributed by atoms with E-state index in [0.717, 1.165) is 12.6 Å². The molecule has 2 aliphatic rings. The molecular formula is C15H30N2O. The van der Waals surface area contributed by atoms with Crippen molar-refractivity contribution in [1.29, 1.82) is 0 Å². The van der Waals surface area contributed by atoms with Crippen molar-refractivity contribution in [3.63, 3.8) is 0 Å². The second-order valence-corrected chi connectivity index (χ2v) is 6.13. The maximum absolute atomic E-state index is 9.29. The van der Waals surface area contributed by atoms with E-state index in [4.69, 9.17) is 0 Å². The SMILES string of the molecule is CC(CC1CCCCN1)N(CCO)C1CCCC1. The topological polar surface area (TPSA) is 35.5 Å². The molecule has 2 fully saturated rings. The molecular weight excluding hydrogens is 224 g/mol. The minimum atomic E-state index is 0.304. The molecule has 0 spiro atoms. The first kappa shape index (κ1) is 14.3. The molecule has 1 aliphatic heterocycles. The lowest BCUT2D eigenvalue weighted by molar-refractivity contribution is 0.0989.